The van der Waals surface area contributed by atoms with E-state index < -0.39 is 16.6 Å². The first kappa shape index (κ1) is 16.6. The maximum absolute atomic E-state index is 6.25. The Morgan fingerprint density at radius 1 is 0.800 bits per heavy atom. The van der Waals surface area contributed by atoms with E-state index in [9.17, 15) is 0 Å². The average molecular weight is 328 g/mol. The summed E-state index contributed by atoms with van der Waals surface area (Å²) in [6, 6.07) is 1.75. The minimum atomic E-state index is -1.86. The molecule has 2 unspecified atom stereocenters. The van der Waals surface area contributed by atoms with E-state index in [1.165, 1.54) is 0 Å². The van der Waals surface area contributed by atoms with Gasteiger partial charge in [-0.25, -0.2) is 0 Å². The quantitative estimate of drug-likeness (QED) is 0.480. The summed E-state index contributed by atoms with van der Waals surface area (Å²) in [5.74, 6) is 1.20. The van der Waals surface area contributed by atoms with Gasteiger partial charge in [-0.15, -0.1) is 46.4 Å². The Balaban J connectivity index is 4.47. The Kier molecular flexibility index (Phi) is 8.61. The molecule has 0 heterocycles. The molecule has 0 spiro atoms. The van der Waals surface area contributed by atoms with Crippen molar-refractivity contribution >= 4 is 63.0 Å². The first-order valence-corrected chi connectivity index (χ1v) is 12.7. The maximum atomic E-state index is 6.25. The summed E-state index contributed by atoms with van der Waals surface area (Å²) in [4.78, 5) is 0. The molecule has 0 aliphatic carbocycles. The first-order chi connectivity index (χ1) is 6.95. The van der Waals surface area contributed by atoms with E-state index in [2.05, 4.69) is 13.1 Å². The van der Waals surface area contributed by atoms with Gasteiger partial charge in [-0.2, -0.15) is 0 Å². The van der Waals surface area contributed by atoms with Crippen LogP contribution < -0.4 is 0 Å². The van der Waals surface area contributed by atoms with E-state index >= 15 is 0 Å². The zero-order valence-corrected chi connectivity index (χ0v) is 14.2. The SMILES string of the molecule is C[Si](CCl)(CCCl)O[Si](C)(CCl)CCCl. The Labute approximate surface area is 115 Å². The van der Waals surface area contributed by atoms with Crippen LogP contribution in [-0.4, -0.2) is 39.4 Å². The molecule has 0 bridgehead atoms. The van der Waals surface area contributed by atoms with Gasteiger partial charge in [0.15, 0.2) is 16.6 Å². The minimum absolute atomic E-state index is 0.571. The lowest BCUT2D eigenvalue weighted by Crippen LogP contribution is -2.51. The Hall–Kier alpha value is 1.55. The minimum Gasteiger partial charge on any atom is -0.453 e. The molecule has 0 fully saturated rings. The molecule has 2 atom stereocenters. The molecule has 0 aromatic heterocycles. The second kappa shape index (κ2) is 7.80. The van der Waals surface area contributed by atoms with Gasteiger partial charge < -0.3 is 4.12 Å². The molecular formula is C8H18Cl4OSi2. The fourth-order valence-corrected chi connectivity index (χ4v) is 12.5. The number of hydrogen-bond donors (Lipinski definition) is 0. The van der Waals surface area contributed by atoms with Crippen LogP contribution in [0, 0.1) is 0 Å². The topological polar surface area (TPSA) is 9.23 Å². The van der Waals surface area contributed by atoms with E-state index in [0.717, 1.165) is 12.1 Å². The molecule has 7 heteroatoms. The van der Waals surface area contributed by atoms with Gasteiger partial charge in [0, 0.05) is 22.8 Å². The molecular weight excluding hydrogens is 310 g/mol. The van der Waals surface area contributed by atoms with Gasteiger partial charge in [0.25, 0.3) is 0 Å². The van der Waals surface area contributed by atoms with Crippen molar-refractivity contribution in [1.29, 1.82) is 0 Å². The first-order valence-electron chi connectivity index (χ1n) is 4.89. The van der Waals surface area contributed by atoms with E-state index in [1.54, 1.807) is 0 Å². The van der Waals surface area contributed by atoms with Crippen molar-refractivity contribution in [3.63, 3.8) is 0 Å². The highest BCUT2D eigenvalue weighted by Crippen LogP contribution is 2.24. The molecule has 0 aliphatic heterocycles. The summed E-state index contributed by atoms with van der Waals surface area (Å²) in [7, 11) is -3.73. The highest BCUT2D eigenvalue weighted by atomic mass is 35.5. The fourth-order valence-electron chi connectivity index (χ4n) is 1.28. The van der Waals surface area contributed by atoms with E-state index in [4.69, 9.17) is 50.5 Å². The van der Waals surface area contributed by atoms with E-state index in [0.29, 0.717) is 22.8 Å². The van der Waals surface area contributed by atoms with Crippen LogP contribution in [0.1, 0.15) is 0 Å². The van der Waals surface area contributed by atoms with Crippen LogP contribution in [0.25, 0.3) is 0 Å². The average Bonchev–Trinajstić information content (AvgIpc) is 2.18. The Morgan fingerprint density at radius 3 is 1.33 bits per heavy atom. The molecule has 0 saturated heterocycles. The Bertz CT molecular complexity index is 168. The largest absolute Gasteiger partial charge is 0.453 e. The van der Waals surface area contributed by atoms with Crippen molar-refractivity contribution in [3.05, 3.63) is 0 Å². The van der Waals surface area contributed by atoms with Crippen molar-refractivity contribution in [2.75, 3.05) is 22.8 Å². The van der Waals surface area contributed by atoms with Crippen LogP contribution >= 0.6 is 46.4 Å². The smallest absolute Gasteiger partial charge is 0.192 e. The number of rotatable bonds is 8. The van der Waals surface area contributed by atoms with E-state index in [1.807, 2.05) is 0 Å². The molecule has 0 aliphatic rings. The summed E-state index contributed by atoms with van der Waals surface area (Å²) in [6.07, 6.45) is 0. The normalized spacial score (nSPS) is 19.6. The van der Waals surface area contributed by atoms with Crippen molar-refractivity contribution < 1.29 is 4.12 Å². The summed E-state index contributed by atoms with van der Waals surface area (Å²) >= 11 is 23.5. The maximum Gasteiger partial charge on any atom is 0.192 e. The van der Waals surface area contributed by atoms with Crippen LogP contribution in [0.4, 0.5) is 0 Å². The lowest BCUT2D eigenvalue weighted by atomic mass is 11.0. The third-order valence-electron chi connectivity index (χ3n) is 2.30. The molecule has 0 rings (SSSR count). The summed E-state index contributed by atoms with van der Waals surface area (Å²) in [5, 5.41) is 0. The lowest BCUT2D eigenvalue weighted by Gasteiger charge is -2.35. The van der Waals surface area contributed by atoms with Crippen LogP contribution in [0.3, 0.4) is 0 Å². The molecule has 0 radical (unpaired) electrons. The molecule has 0 aromatic carbocycles. The standard InChI is InChI=1S/C8H18Cl4OSi2/c1-14(7-11,5-3-9)13-15(2,8-12)6-4-10/h3-8H2,1-2H3. The monoisotopic (exact) mass is 326 g/mol. The third-order valence-corrected chi connectivity index (χ3v) is 14.4. The van der Waals surface area contributed by atoms with Gasteiger partial charge in [-0.3, -0.25) is 0 Å². The third kappa shape index (κ3) is 6.15. The fraction of sp³-hybridized carbons (Fsp3) is 1.00. The molecule has 1 nitrogen and oxygen atoms in total. The highest BCUT2D eigenvalue weighted by Gasteiger charge is 2.38. The number of hydrogen-bond acceptors (Lipinski definition) is 1. The Morgan fingerprint density at radius 2 is 1.13 bits per heavy atom. The summed E-state index contributed by atoms with van der Waals surface area (Å²) < 4.78 is 6.25. The van der Waals surface area contributed by atoms with E-state index in [-0.39, 0.29) is 0 Å². The second-order valence-corrected chi connectivity index (χ2v) is 14.7. The van der Waals surface area contributed by atoms with Gasteiger partial charge in [0.05, 0.1) is 0 Å². The van der Waals surface area contributed by atoms with Crippen LogP contribution in [-0.2, 0) is 4.12 Å². The zero-order chi connectivity index (χ0) is 11.9. The molecule has 92 valence electrons. The zero-order valence-electron chi connectivity index (χ0n) is 9.16. The molecule has 0 amide bonds. The molecule has 0 aromatic rings. The summed E-state index contributed by atoms with van der Waals surface area (Å²) in [6.45, 7) is 4.24. The number of alkyl halides is 4. The van der Waals surface area contributed by atoms with Crippen LogP contribution in [0.2, 0.25) is 25.2 Å². The van der Waals surface area contributed by atoms with Crippen molar-refractivity contribution in [3.8, 4) is 0 Å². The van der Waals surface area contributed by atoms with Crippen molar-refractivity contribution in [2.45, 2.75) is 25.2 Å². The predicted octanol–water partition coefficient (Wildman–Crippen LogP) is 4.19. The van der Waals surface area contributed by atoms with Crippen LogP contribution in [0.5, 0.6) is 0 Å². The molecule has 0 N–H and O–H groups in total. The van der Waals surface area contributed by atoms with Gasteiger partial charge in [-0.1, -0.05) is 0 Å². The summed E-state index contributed by atoms with van der Waals surface area (Å²) in [5.41, 5.74) is 1.14. The van der Waals surface area contributed by atoms with Gasteiger partial charge in [0.2, 0.25) is 0 Å². The van der Waals surface area contributed by atoms with Crippen LogP contribution in [0.15, 0.2) is 0 Å². The number of halogens is 4. The molecule has 0 saturated carbocycles. The highest BCUT2D eigenvalue weighted by molar-refractivity contribution is 6.91. The van der Waals surface area contributed by atoms with Gasteiger partial charge in [0.1, 0.15) is 0 Å². The predicted molar refractivity (Wildman–Crippen MR) is 76.8 cm³/mol. The van der Waals surface area contributed by atoms with Crippen molar-refractivity contribution in [1.82, 2.24) is 0 Å². The second-order valence-electron chi connectivity index (χ2n) is 4.15. The molecule has 15 heavy (non-hydrogen) atoms. The van der Waals surface area contributed by atoms with Gasteiger partial charge >= 0.3 is 0 Å². The van der Waals surface area contributed by atoms with Gasteiger partial charge in [-0.05, 0) is 25.2 Å². The van der Waals surface area contributed by atoms with Crippen molar-refractivity contribution in [2.24, 2.45) is 0 Å². The lowest BCUT2D eigenvalue weighted by molar-refractivity contribution is 0.539.